The van der Waals surface area contributed by atoms with Crippen molar-refractivity contribution >= 4 is 17.2 Å². The number of amides is 1. The molecule has 1 fully saturated rings. The van der Waals surface area contributed by atoms with Gasteiger partial charge in [0.2, 0.25) is 0 Å². The zero-order chi connectivity index (χ0) is 18.4. The lowest BCUT2D eigenvalue weighted by Crippen LogP contribution is -2.47. The van der Waals surface area contributed by atoms with Gasteiger partial charge in [-0.05, 0) is 50.2 Å². The highest BCUT2D eigenvalue weighted by Gasteiger charge is 2.32. The lowest BCUT2D eigenvalue weighted by Gasteiger charge is -2.37. The minimum atomic E-state index is -0.0729. The van der Waals surface area contributed by atoms with Crippen molar-refractivity contribution in [2.75, 3.05) is 40.5 Å². The maximum Gasteiger partial charge on any atom is 0.263 e. The van der Waals surface area contributed by atoms with Crippen LogP contribution in [0.4, 0.5) is 0 Å². The van der Waals surface area contributed by atoms with Gasteiger partial charge in [0.05, 0.1) is 19.9 Å². The van der Waals surface area contributed by atoms with E-state index in [1.165, 1.54) is 11.3 Å². The maximum absolute atomic E-state index is 12.6. The van der Waals surface area contributed by atoms with Crippen molar-refractivity contribution in [3.63, 3.8) is 0 Å². The van der Waals surface area contributed by atoms with E-state index in [0.29, 0.717) is 18.0 Å². The molecule has 140 valence electrons. The summed E-state index contributed by atoms with van der Waals surface area (Å²) in [4.78, 5) is 17.6. The van der Waals surface area contributed by atoms with Crippen LogP contribution in [0.2, 0.25) is 0 Å². The monoisotopic (exact) mass is 375 g/mol. The molecule has 1 aliphatic heterocycles. The quantitative estimate of drug-likeness (QED) is 0.778. The molecule has 1 aliphatic rings. The number of carbonyl (C=O) groups excluding carboxylic acids is 1. The molecule has 1 aromatic carbocycles. The van der Waals surface area contributed by atoms with Gasteiger partial charge in [-0.3, -0.25) is 4.79 Å². The Morgan fingerprint density at radius 1 is 1.27 bits per heavy atom. The molecule has 0 spiro atoms. The van der Waals surface area contributed by atoms with Crippen molar-refractivity contribution in [1.29, 1.82) is 0 Å². The summed E-state index contributed by atoms with van der Waals surface area (Å²) in [6.45, 7) is 3.20. The second-order valence-corrected chi connectivity index (χ2v) is 7.65. The Morgan fingerprint density at radius 3 is 2.65 bits per heavy atom. The average Bonchev–Trinajstić information content (AvgIpc) is 3.17. The molecule has 7 heteroatoms. The molecule has 2 N–H and O–H groups in total. The van der Waals surface area contributed by atoms with Crippen LogP contribution in [0, 0.1) is 5.41 Å². The third kappa shape index (κ3) is 4.41. The Balaban J connectivity index is 1.63. The van der Waals surface area contributed by atoms with Gasteiger partial charge in [-0.1, -0.05) is 0 Å². The lowest BCUT2D eigenvalue weighted by molar-refractivity contribution is 0.0512. The van der Waals surface area contributed by atoms with Crippen LogP contribution in [0.15, 0.2) is 30.5 Å². The van der Waals surface area contributed by atoms with Crippen molar-refractivity contribution in [3.8, 4) is 16.3 Å². The van der Waals surface area contributed by atoms with E-state index in [-0.39, 0.29) is 11.3 Å². The average molecular weight is 375 g/mol. The first-order valence-electron chi connectivity index (χ1n) is 8.74. The number of aromatic nitrogens is 1. The Hall–Kier alpha value is -1.96. The molecule has 3 rings (SSSR count). The molecule has 0 atom stereocenters. The molecule has 1 aromatic heterocycles. The molecule has 2 aromatic rings. The predicted molar refractivity (Wildman–Crippen MR) is 103 cm³/mol. The minimum absolute atomic E-state index is 0.0131. The van der Waals surface area contributed by atoms with Gasteiger partial charge in [0, 0.05) is 24.6 Å². The van der Waals surface area contributed by atoms with Crippen molar-refractivity contribution in [2.24, 2.45) is 5.41 Å². The smallest absolute Gasteiger partial charge is 0.263 e. The van der Waals surface area contributed by atoms with E-state index in [0.717, 1.165) is 42.3 Å². The number of hydrogen-bond donors (Lipinski definition) is 2. The number of hydrogen-bond acceptors (Lipinski definition) is 6. The van der Waals surface area contributed by atoms with Crippen molar-refractivity contribution < 1.29 is 14.3 Å². The molecular formula is C19H25N3O3S. The van der Waals surface area contributed by atoms with Gasteiger partial charge in [0.15, 0.2) is 0 Å². The van der Waals surface area contributed by atoms with Crippen LogP contribution in [-0.2, 0) is 4.74 Å². The standard InChI is InChI=1S/C19H25N3O3S/c1-24-13-19(7-9-20-10-8-19)12-22-17(23)16-11-21-18(26-16)14-3-5-15(25-2)6-4-14/h3-6,11,20H,7-10,12-13H2,1-2H3,(H,22,23). The Morgan fingerprint density at radius 2 is 2.00 bits per heavy atom. The highest BCUT2D eigenvalue weighted by Crippen LogP contribution is 2.29. The molecule has 26 heavy (non-hydrogen) atoms. The van der Waals surface area contributed by atoms with E-state index in [9.17, 15) is 4.79 Å². The second-order valence-electron chi connectivity index (χ2n) is 6.62. The summed E-state index contributed by atoms with van der Waals surface area (Å²) in [6, 6.07) is 7.67. The van der Waals surface area contributed by atoms with Gasteiger partial charge in [-0.2, -0.15) is 0 Å². The zero-order valence-electron chi connectivity index (χ0n) is 15.2. The highest BCUT2D eigenvalue weighted by molar-refractivity contribution is 7.16. The summed E-state index contributed by atoms with van der Waals surface area (Å²) in [5, 5.41) is 7.27. The fraction of sp³-hybridized carbons (Fsp3) is 0.474. The van der Waals surface area contributed by atoms with Crippen LogP contribution in [0.1, 0.15) is 22.5 Å². The number of carbonyl (C=O) groups is 1. The third-order valence-electron chi connectivity index (χ3n) is 4.81. The highest BCUT2D eigenvalue weighted by atomic mass is 32.1. The first-order valence-corrected chi connectivity index (χ1v) is 9.55. The van der Waals surface area contributed by atoms with Gasteiger partial charge in [0.1, 0.15) is 15.6 Å². The summed E-state index contributed by atoms with van der Waals surface area (Å²) in [5.74, 6) is 0.727. The van der Waals surface area contributed by atoms with Crippen LogP contribution >= 0.6 is 11.3 Å². The Bertz CT molecular complexity index is 718. The van der Waals surface area contributed by atoms with Crippen molar-refractivity contribution in [2.45, 2.75) is 12.8 Å². The molecule has 2 heterocycles. The molecule has 0 unspecified atom stereocenters. The number of benzene rings is 1. The SMILES string of the molecule is COCC1(CNC(=O)c2cnc(-c3ccc(OC)cc3)s2)CCNCC1. The normalized spacial score (nSPS) is 16.2. The largest absolute Gasteiger partial charge is 0.497 e. The van der Waals surface area contributed by atoms with E-state index in [4.69, 9.17) is 9.47 Å². The van der Waals surface area contributed by atoms with Crippen LogP contribution in [0.3, 0.4) is 0 Å². The van der Waals surface area contributed by atoms with E-state index >= 15 is 0 Å². The van der Waals surface area contributed by atoms with E-state index in [1.807, 2.05) is 24.3 Å². The van der Waals surface area contributed by atoms with Crippen LogP contribution < -0.4 is 15.4 Å². The van der Waals surface area contributed by atoms with Crippen molar-refractivity contribution in [3.05, 3.63) is 35.3 Å². The van der Waals surface area contributed by atoms with Crippen LogP contribution in [0.25, 0.3) is 10.6 Å². The number of nitrogens with zero attached hydrogens (tertiary/aromatic N) is 1. The summed E-state index contributed by atoms with van der Waals surface area (Å²) in [6.07, 6.45) is 3.65. The molecular weight excluding hydrogens is 350 g/mol. The Kier molecular flexibility index (Phi) is 6.24. The molecule has 0 aliphatic carbocycles. The van der Waals surface area contributed by atoms with Crippen molar-refractivity contribution in [1.82, 2.24) is 15.6 Å². The summed E-state index contributed by atoms with van der Waals surface area (Å²) in [5.41, 5.74) is 0.989. The summed E-state index contributed by atoms with van der Waals surface area (Å²) >= 11 is 1.40. The third-order valence-corrected chi connectivity index (χ3v) is 5.85. The molecule has 1 saturated heterocycles. The van der Waals surface area contributed by atoms with E-state index in [2.05, 4.69) is 15.6 Å². The summed E-state index contributed by atoms with van der Waals surface area (Å²) < 4.78 is 10.6. The van der Waals surface area contributed by atoms with Gasteiger partial charge in [-0.15, -0.1) is 11.3 Å². The number of ether oxygens (including phenoxy) is 2. The molecule has 0 saturated carbocycles. The predicted octanol–water partition coefficient (Wildman–Crippen LogP) is 2.56. The summed E-state index contributed by atoms with van der Waals surface area (Å²) in [7, 11) is 3.36. The zero-order valence-corrected chi connectivity index (χ0v) is 16.0. The van der Waals surface area contributed by atoms with Crippen LogP contribution in [-0.4, -0.2) is 51.4 Å². The lowest BCUT2D eigenvalue weighted by atomic mass is 9.79. The molecule has 6 nitrogen and oxygen atoms in total. The minimum Gasteiger partial charge on any atom is -0.497 e. The fourth-order valence-corrected chi connectivity index (χ4v) is 4.07. The Labute approximate surface area is 157 Å². The van der Waals surface area contributed by atoms with Gasteiger partial charge in [-0.25, -0.2) is 4.98 Å². The molecule has 0 bridgehead atoms. The van der Waals surface area contributed by atoms with E-state index in [1.54, 1.807) is 20.4 Å². The topological polar surface area (TPSA) is 72.5 Å². The first-order chi connectivity index (χ1) is 12.7. The van der Waals surface area contributed by atoms with Gasteiger partial charge in [0.25, 0.3) is 5.91 Å². The molecule has 1 amide bonds. The number of methoxy groups -OCH3 is 2. The second kappa shape index (κ2) is 8.62. The number of rotatable bonds is 7. The fourth-order valence-electron chi connectivity index (χ4n) is 3.24. The number of nitrogens with one attached hydrogen (secondary N) is 2. The number of thiazole rings is 1. The number of piperidine rings is 1. The van der Waals surface area contributed by atoms with Crippen LogP contribution in [0.5, 0.6) is 5.75 Å². The molecule has 0 radical (unpaired) electrons. The van der Waals surface area contributed by atoms with E-state index < -0.39 is 0 Å². The van der Waals surface area contributed by atoms with Gasteiger partial charge >= 0.3 is 0 Å². The van der Waals surface area contributed by atoms with Gasteiger partial charge < -0.3 is 20.1 Å². The maximum atomic E-state index is 12.6. The first kappa shape index (κ1) is 18.8.